The first-order chi connectivity index (χ1) is 4.84. The highest BCUT2D eigenvalue weighted by Crippen LogP contribution is 2.19. The fourth-order valence-electron chi connectivity index (χ4n) is 1.35. The minimum absolute atomic E-state index is 0.0214. The van der Waals surface area contributed by atoms with Crippen LogP contribution in [0.5, 0.6) is 0 Å². The number of rotatable bonds is 2. The van der Waals surface area contributed by atoms with Crippen LogP contribution < -0.4 is 0 Å². The Morgan fingerprint density at radius 1 is 1.70 bits per heavy atom. The fraction of sp³-hybridized carbons (Fsp3) is 0.875. The molecule has 0 amide bonds. The number of ether oxygens (including phenoxy) is 1. The number of carbonyl (C=O) groups is 1. The molecule has 0 N–H and O–H groups in total. The molecule has 1 rings (SSSR count). The average Bonchev–Trinajstić information content (AvgIpc) is 1.94. The Kier molecular flexibility index (Phi) is 2.72. The lowest BCUT2D eigenvalue weighted by Gasteiger charge is -2.19. The van der Waals surface area contributed by atoms with Gasteiger partial charge in [-0.15, -0.1) is 0 Å². The monoisotopic (exact) mass is 142 g/mol. The van der Waals surface area contributed by atoms with Crippen LogP contribution in [0.2, 0.25) is 0 Å². The second-order valence-electron chi connectivity index (χ2n) is 2.80. The molecule has 58 valence electrons. The van der Waals surface area contributed by atoms with Gasteiger partial charge in [0.1, 0.15) is 0 Å². The highest BCUT2D eigenvalue weighted by molar-refractivity contribution is 5.72. The summed E-state index contributed by atoms with van der Waals surface area (Å²) in [6, 6.07) is 0. The maximum atomic E-state index is 11.0. The molecule has 1 fully saturated rings. The van der Waals surface area contributed by atoms with E-state index in [2.05, 4.69) is 6.92 Å². The first-order valence-electron chi connectivity index (χ1n) is 4.01. The first-order valence-corrected chi connectivity index (χ1v) is 4.01. The van der Waals surface area contributed by atoms with Gasteiger partial charge in [-0.25, -0.2) is 0 Å². The number of cyclic esters (lactones) is 1. The molecule has 1 aliphatic rings. The van der Waals surface area contributed by atoms with Crippen molar-refractivity contribution in [2.24, 2.45) is 5.92 Å². The first kappa shape index (κ1) is 7.58. The second kappa shape index (κ2) is 3.59. The van der Waals surface area contributed by atoms with Crippen molar-refractivity contribution in [3.8, 4) is 0 Å². The highest BCUT2D eigenvalue weighted by Gasteiger charge is 2.22. The molecule has 10 heavy (non-hydrogen) atoms. The van der Waals surface area contributed by atoms with Crippen molar-refractivity contribution < 1.29 is 9.53 Å². The molecule has 0 aliphatic carbocycles. The van der Waals surface area contributed by atoms with Crippen LogP contribution in [0.3, 0.4) is 0 Å². The van der Waals surface area contributed by atoms with Crippen molar-refractivity contribution in [1.29, 1.82) is 0 Å². The smallest absolute Gasteiger partial charge is 0.308 e. The topological polar surface area (TPSA) is 26.3 Å². The molecule has 1 heterocycles. The molecule has 0 unspecified atom stereocenters. The molecule has 0 spiro atoms. The quantitative estimate of drug-likeness (QED) is 0.549. The van der Waals surface area contributed by atoms with Crippen molar-refractivity contribution in [3.05, 3.63) is 0 Å². The normalized spacial score (nSPS) is 26.1. The van der Waals surface area contributed by atoms with Crippen LogP contribution in [0.25, 0.3) is 0 Å². The third-order valence-corrected chi connectivity index (χ3v) is 1.91. The minimum atomic E-state index is 0.0214. The van der Waals surface area contributed by atoms with Gasteiger partial charge in [0, 0.05) is 0 Å². The zero-order valence-corrected chi connectivity index (χ0v) is 6.43. The standard InChI is InChI=1S/C8H14O2/c1-2-4-7-5-3-6-10-8(7)9/h7H,2-6H2,1H3/t7-/m0/s1. The molecule has 1 aliphatic heterocycles. The van der Waals surface area contributed by atoms with Gasteiger partial charge in [0.05, 0.1) is 12.5 Å². The van der Waals surface area contributed by atoms with E-state index in [0.717, 1.165) is 25.7 Å². The van der Waals surface area contributed by atoms with Gasteiger partial charge in [-0.2, -0.15) is 0 Å². The molecule has 1 atom stereocenters. The van der Waals surface area contributed by atoms with Gasteiger partial charge in [-0.3, -0.25) is 4.79 Å². The van der Waals surface area contributed by atoms with Crippen molar-refractivity contribution >= 4 is 5.97 Å². The Labute approximate surface area is 61.6 Å². The van der Waals surface area contributed by atoms with Gasteiger partial charge in [-0.05, 0) is 19.3 Å². The molecule has 0 radical (unpaired) electrons. The lowest BCUT2D eigenvalue weighted by atomic mass is 9.97. The van der Waals surface area contributed by atoms with Gasteiger partial charge in [0.15, 0.2) is 0 Å². The summed E-state index contributed by atoms with van der Waals surface area (Å²) in [5.41, 5.74) is 0. The Balaban J connectivity index is 2.32. The van der Waals surface area contributed by atoms with E-state index in [1.165, 1.54) is 0 Å². The largest absolute Gasteiger partial charge is 0.465 e. The third kappa shape index (κ3) is 1.72. The third-order valence-electron chi connectivity index (χ3n) is 1.91. The van der Waals surface area contributed by atoms with Crippen LogP contribution in [0, 0.1) is 5.92 Å². The summed E-state index contributed by atoms with van der Waals surface area (Å²) >= 11 is 0. The molecule has 0 bridgehead atoms. The summed E-state index contributed by atoms with van der Waals surface area (Å²) in [7, 11) is 0. The van der Waals surface area contributed by atoms with Crippen LogP contribution in [0.1, 0.15) is 32.6 Å². The number of esters is 1. The fourth-order valence-corrected chi connectivity index (χ4v) is 1.35. The predicted molar refractivity (Wildman–Crippen MR) is 38.6 cm³/mol. The second-order valence-corrected chi connectivity index (χ2v) is 2.80. The maximum absolute atomic E-state index is 11.0. The molecule has 0 saturated carbocycles. The molecule has 2 nitrogen and oxygen atoms in total. The molecular weight excluding hydrogens is 128 g/mol. The molecule has 1 saturated heterocycles. The predicted octanol–water partition coefficient (Wildman–Crippen LogP) is 1.74. The van der Waals surface area contributed by atoms with Crippen molar-refractivity contribution in [1.82, 2.24) is 0 Å². The Morgan fingerprint density at radius 3 is 3.10 bits per heavy atom. The van der Waals surface area contributed by atoms with Gasteiger partial charge in [-0.1, -0.05) is 13.3 Å². The minimum Gasteiger partial charge on any atom is -0.465 e. The van der Waals surface area contributed by atoms with Gasteiger partial charge >= 0.3 is 5.97 Å². The van der Waals surface area contributed by atoms with E-state index in [1.807, 2.05) is 0 Å². The number of hydrogen-bond donors (Lipinski definition) is 0. The Morgan fingerprint density at radius 2 is 2.50 bits per heavy atom. The summed E-state index contributed by atoms with van der Waals surface area (Å²) in [6.45, 7) is 2.74. The van der Waals surface area contributed by atoms with Crippen molar-refractivity contribution in [3.63, 3.8) is 0 Å². The average molecular weight is 142 g/mol. The van der Waals surface area contributed by atoms with Gasteiger partial charge in [0.25, 0.3) is 0 Å². The molecule has 0 aromatic rings. The van der Waals surface area contributed by atoms with Gasteiger partial charge < -0.3 is 4.74 Å². The summed E-state index contributed by atoms with van der Waals surface area (Å²) in [4.78, 5) is 11.0. The van der Waals surface area contributed by atoms with Gasteiger partial charge in [0.2, 0.25) is 0 Å². The van der Waals surface area contributed by atoms with Crippen LogP contribution in [0.4, 0.5) is 0 Å². The summed E-state index contributed by atoms with van der Waals surface area (Å²) in [5, 5.41) is 0. The van der Waals surface area contributed by atoms with E-state index in [1.54, 1.807) is 0 Å². The molecule has 0 aromatic heterocycles. The zero-order chi connectivity index (χ0) is 7.40. The maximum Gasteiger partial charge on any atom is 0.308 e. The molecular formula is C8H14O2. The number of hydrogen-bond acceptors (Lipinski definition) is 2. The van der Waals surface area contributed by atoms with E-state index in [4.69, 9.17) is 4.74 Å². The molecule has 0 aromatic carbocycles. The lowest BCUT2D eigenvalue weighted by molar-refractivity contribution is -0.153. The molecule has 2 heteroatoms. The van der Waals surface area contributed by atoms with Crippen LogP contribution >= 0.6 is 0 Å². The SMILES string of the molecule is CCC[C@H]1CCCOC1=O. The summed E-state index contributed by atoms with van der Waals surface area (Å²) in [6.07, 6.45) is 4.17. The van der Waals surface area contributed by atoms with Crippen LogP contribution in [-0.2, 0) is 9.53 Å². The summed E-state index contributed by atoms with van der Waals surface area (Å²) < 4.78 is 4.90. The Bertz CT molecular complexity index is 118. The lowest BCUT2D eigenvalue weighted by Crippen LogP contribution is -2.23. The number of carbonyl (C=O) groups excluding carboxylic acids is 1. The van der Waals surface area contributed by atoms with Crippen LogP contribution in [-0.4, -0.2) is 12.6 Å². The van der Waals surface area contributed by atoms with E-state index in [0.29, 0.717) is 6.61 Å². The van der Waals surface area contributed by atoms with E-state index < -0.39 is 0 Å². The van der Waals surface area contributed by atoms with E-state index in [9.17, 15) is 4.79 Å². The zero-order valence-electron chi connectivity index (χ0n) is 6.43. The van der Waals surface area contributed by atoms with E-state index in [-0.39, 0.29) is 11.9 Å². The van der Waals surface area contributed by atoms with Crippen LogP contribution in [0.15, 0.2) is 0 Å². The van der Waals surface area contributed by atoms with Crippen molar-refractivity contribution in [2.75, 3.05) is 6.61 Å². The Hall–Kier alpha value is -0.530. The highest BCUT2D eigenvalue weighted by atomic mass is 16.5. The van der Waals surface area contributed by atoms with Crippen molar-refractivity contribution in [2.45, 2.75) is 32.6 Å². The summed E-state index contributed by atoms with van der Waals surface area (Å²) in [5.74, 6) is 0.229. The van der Waals surface area contributed by atoms with E-state index >= 15 is 0 Å².